The van der Waals surface area contributed by atoms with E-state index in [-0.39, 0.29) is 6.61 Å². The molecule has 0 unspecified atom stereocenters. The van der Waals surface area contributed by atoms with Crippen molar-refractivity contribution in [1.29, 1.82) is 0 Å². The fourth-order valence-electron chi connectivity index (χ4n) is 1.61. The molecule has 0 radical (unpaired) electrons. The molecule has 80 valence electrons. The molecular formula is C9H15NO4. The van der Waals surface area contributed by atoms with Gasteiger partial charge in [0.15, 0.2) is 0 Å². The van der Waals surface area contributed by atoms with E-state index >= 15 is 0 Å². The number of aliphatic carboxylic acids is 1. The van der Waals surface area contributed by atoms with Crippen LogP contribution in [0, 0.1) is 0 Å². The molecule has 0 aromatic rings. The molecule has 1 aliphatic heterocycles. The lowest BCUT2D eigenvalue weighted by Crippen LogP contribution is -2.48. The van der Waals surface area contributed by atoms with Crippen LogP contribution in [0.3, 0.4) is 0 Å². The Bertz CT molecular complexity index is 229. The van der Waals surface area contributed by atoms with Gasteiger partial charge >= 0.3 is 12.1 Å². The average molecular weight is 201 g/mol. The van der Waals surface area contributed by atoms with Crippen molar-refractivity contribution in [2.45, 2.75) is 32.2 Å². The third kappa shape index (κ3) is 2.37. The van der Waals surface area contributed by atoms with Crippen molar-refractivity contribution >= 4 is 12.1 Å². The van der Waals surface area contributed by atoms with E-state index in [1.54, 1.807) is 6.92 Å². The molecule has 0 saturated carbocycles. The van der Waals surface area contributed by atoms with Crippen LogP contribution >= 0.6 is 0 Å². The van der Waals surface area contributed by atoms with Gasteiger partial charge in [0.05, 0.1) is 6.61 Å². The molecule has 1 fully saturated rings. The van der Waals surface area contributed by atoms with Crippen molar-refractivity contribution in [2.75, 3.05) is 13.2 Å². The molecule has 0 bridgehead atoms. The zero-order valence-electron chi connectivity index (χ0n) is 8.23. The van der Waals surface area contributed by atoms with E-state index in [0.717, 1.165) is 12.8 Å². The van der Waals surface area contributed by atoms with Crippen molar-refractivity contribution in [3.63, 3.8) is 0 Å². The standard InChI is InChI=1S/C9H15NO4/c1-2-14-9(13)10-6-4-3-5-7(10)8(11)12/h7H,2-6H2,1H3,(H,11,12)/t7-/m1/s1. The first-order valence-corrected chi connectivity index (χ1v) is 4.83. The van der Waals surface area contributed by atoms with Crippen molar-refractivity contribution in [3.05, 3.63) is 0 Å². The van der Waals surface area contributed by atoms with Gasteiger partial charge in [0.1, 0.15) is 6.04 Å². The molecule has 0 aromatic heterocycles. The second-order valence-electron chi connectivity index (χ2n) is 3.24. The van der Waals surface area contributed by atoms with Gasteiger partial charge in [0.25, 0.3) is 0 Å². The Kier molecular flexibility index (Phi) is 3.73. The zero-order chi connectivity index (χ0) is 10.6. The number of carboxylic acid groups (broad SMARTS) is 1. The third-order valence-electron chi connectivity index (χ3n) is 2.29. The highest BCUT2D eigenvalue weighted by molar-refractivity contribution is 5.80. The van der Waals surface area contributed by atoms with E-state index in [4.69, 9.17) is 9.84 Å². The van der Waals surface area contributed by atoms with Gasteiger partial charge < -0.3 is 9.84 Å². The Morgan fingerprint density at radius 3 is 2.79 bits per heavy atom. The normalized spacial score (nSPS) is 21.8. The summed E-state index contributed by atoms with van der Waals surface area (Å²) in [6.45, 7) is 2.47. The van der Waals surface area contributed by atoms with E-state index in [1.807, 2.05) is 0 Å². The molecule has 0 aliphatic carbocycles. The van der Waals surface area contributed by atoms with Gasteiger partial charge in [-0.1, -0.05) is 0 Å². The number of hydrogen-bond donors (Lipinski definition) is 1. The molecule has 1 atom stereocenters. The maximum absolute atomic E-state index is 11.4. The van der Waals surface area contributed by atoms with Crippen molar-refractivity contribution < 1.29 is 19.4 Å². The largest absolute Gasteiger partial charge is 0.480 e. The van der Waals surface area contributed by atoms with Crippen LogP contribution in [0.15, 0.2) is 0 Å². The Labute approximate surface area is 82.6 Å². The number of nitrogens with zero attached hydrogens (tertiary/aromatic N) is 1. The van der Waals surface area contributed by atoms with Crippen LogP contribution < -0.4 is 0 Å². The predicted molar refractivity (Wildman–Crippen MR) is 49.0 cm³/mol. The monoisotopic (exact) mass is 201 g/mol. The number of piperidine rings is 1. The van der Waals surface area contributed by atoms with Crippen LogP contribution in [0.1, 0.15) is 26.2 Å². The maximum Gasteiger partial charge on any atom is 0.410 e. The summed E-state index contributed by atoms with van der Waals surface area (Å²) >= 11 is 0. The molecular weight excluding hydrogens is 186 g/mol. The molecule has 1 amide bonds. The number of carbonyl (C=O) groups is 2. The number of ether oxygens (including phenoxy) is 1. The van der Waals surface area contributed by atoms with Crippen LogP contribution in [0.25, 0.3) is 0 Å². The Hall–Kier alpha value is -1.26. The third-order valence-corrected chi connectivity index (χ3v) is 2.29. The van der Waals surface area contributed by atoms with Gasteiger partial charge in [-0.2, -0.15) is 0 Å². The van der Waals surface area contributed by atoms with Gasteiger partial charge in [0.2, 0.25) is 0 Å². The molecule has 5 heteroatoms. The first kappa shape index (κ1) is 10.8. The molecule has 1 heterocycles. The Morgan fingerprint density at radius 1 is 1.50 bits per heavy atom. The summed E-state index contributed by atoms with van der Waals surface area (Å²) in [5.74, 6) is -0.947. The number of carboxylic acids is 1. The highest BCUT2D eigenvalue weighted by Crippen LogP contribution is 2.17. The molecule has 0 aromatic carbocycles. The Balaban J connectivity index is 2.62. The summed E-state index contributed by atoms with van der Waals surface area (Å²) < 4.78 is 4.79. The lowest BCUT2D eigenvalue weighted by molar-refractivity contribution is -0.143. The molecule has 1 rings (SSSR count). The second-order valence-corrected chi connectivity index (χ2v) is 3.24. The highest BCUT2D eigenvalue weighted by Gasteiger charge is 2.32. The van der Waals surface area contributed by atoms with Crippen molar-refractivity contribution in [1.82, 2.24) is 4.90 Å². The van der Waals surface area contributed by atoms with E-state index in [2.05, 4.69) is 0 Å². The van der Waals surface area contributed by atoms with Crippen molar-refractivity contribution in [2.24, 2.45) is 0 Å². The molecule has 14 heavy (non-hydrogen) atoms. The number of rotatable bonds is 2. The van der Waals surface area contributed by atoms with Crippen LogP contribution in [0.5, 0.6) is 0 Å². The maximum atomic E-state index is 11.4. The van der Waals surface area contributed by atoms with Gasteiger partial charge in [-0.15, -0.1) is 0 Å². The number of carbonyl (C=O) groups excluding carboxylic acids is 1. The minimum atomic E-state index is -0.947. The van der Waals surface area contributed by atoms with Gasteiger partial charge in [-0.05, 0) is 26.2 Å². The quantitative estimate of drug-likeness (QED) is 0.726. The van der Waals surface area contributed by atoms with E-state index < -0.39 is 18.1 Å². The summed E-state index contributed by atoms with van der Waals surface area (Å²) in [7, 11) is 0. The van der Waals surface area contributed by atoms with E-state index in [9.17, 15) is 9.59 Å². The van der Waals surface area contributed by atoms with Gasteiger partial charge in [-0.25, -0.2) is 9.59 Å². The minimum Gasteiger partial charge on any atom is -0.480 e. The molecule has 1 saturated heterocycles. The van der Waals surface area contributed by atoms with Crippen LogP contribution in [0.4, 0.5) is 4.79 Å². The number of likely N-dealkylation sites (tertiary alicyclic amines) is 1. The van der Waals surface area contributed by atoms with Crippen LogP contribution in [-0.2, 0) is 9.53 Å². The predicted octanol–water partition coefficient (Wildman–Crippen LogP) is 1.08. The summed E-state index contributed by atoms with van der Waals surface area (Å²) in [5, 5.41) is 8.88. The van der Waals surface area contributed by atoms with Crippen LogP contribution in [0.2, 0.25) is 0 Å². The zero-order valence-corrected chi connectivity index (χ0v) is 8.23. The van der Waals surface area contributed by atoms with Crippen molar-refractivity contribution in [3.8, 4) is 0 Å². The average Bonchev–Trinajstić information content (AvgIpc) is 2.18. The lowest BCUT2D eigenvalue weighted by atomic mass is 10.0. The summed E-state index contributed by atoms with van der Waals surface area (Å²) in [6.07, 6.45) is 1.71. The molecule has 1 aliphatic rings. The number of hydrogen-bond acceptors (Lipinski definition) is 3. The summed E-state index contributed by atoms with van der Waals surface area (Å²) in [4.78, 5) is 23.5. The van der Waals surface area contributed by atoms with Crippen LogP contribution in [-0.4, -0.2) is 41.3 Å². The number of amides is 1. The van der Waals surface area contributed by atoms with E-state index in [0.29, 0.717) is 13.0 Å². The first-order valence-electron chi connectivity index (χ1n) is 4.83. The fourth-order valence-corrected chi connectivity index (χ4v) is 1.61. The van der Waals surface area contributed by atoms with Gasteiger partial charge in [-0.3, -0.25) is 4.90 Å². The Morgan fingerprint density at radius 2 is 2.21 bits per heavy atom. The topological polar surface area (TPSA) is 66.8 Å². The second kappa shape index (κ2) is 4.83. The SMILES string of the molecule is CCOC(=O)N1CCCC[C@@H]1C(=O)O. The fraction of sp³-hybridized carbons (Fsp3) is 0.778. The lowest BCUT2D eigenvalue weighted by Gasteiger charge is -2.31. The first-order chi connectivity index (χ1) is 6.66. The minimum absolute atomic E-state index is 0.279. The smallest absolute Gasteiger partial charge is 0.410 e. The molecule has 5 nitrogen and oxygen atoms in total. The summed E-state index contributed by atoms with van der Waals surface area (Å²) in [5.41, 5.74) is 0. The summed E-state index contributed by atoms with van der Waals surface area (Å²) in [6, 6.07) is -0.706. The van der Waals surface area contributed by atoms with E-state index in [1.165, 1.54) is 4.90 Å². The molecule has 1 N–H and O–H groups in total. The van der Waals surface area contributed by atoms with Gasteiger partial charge in [0, 0.05) is 6.54 Å². The molecule has 0 spiro atoms. The highest BCUT2D eigenvalue weighted by atomic mass is 16.6.